The van der Waals surface area contributed by atoms with Crippen molar-refractivity contribution in [1.82, 2.24) is 0 Å². The van der Waals surface area contributed by atoms with E-state index < -0.39 is 5.54 Å². The molecule has 2 unspecified atom stereocenters. The number of fused-ring (bicyclic) bond motifs is 1. The maximum Gasteiger partial charge on any atom is 0.103 e. The molecule has 1 aromatic carbocycles. The van der Waals surface area contributed by atoms with Gasteiger partial charge >= 0.3 is 0 Å². The number of nitriles is 1. The quantitative estimate of drug-likeness (QED) is 0.887. The molecule has 18 heavy (non-hydrogen) atoms. The van der Waals surface area contributed by atoms with Crippen LogP contribution in [-0.4, -0.2) is 18.1 Å². The Balaban J connectivity index is 2.15. The van der Waals surface area contributed by atoms with E-state index in [-0.39, 0.29) is 0 Å². The maximum atomic E-state index is 8.99. The van der Waals surface area contributed by atoms with Crippen LogP contribution in [0, 0.1) is 11.3 Å². The Labute approximate surface area is 109 Å². The number of hydrogen-bond acceptors (Lipinski definition) is 3. The van der Waals surface area contributed by atoms with Gasteiger partial charge in [-0.05, 0) is 44.7 Å². The molecule has 0 radical (unpaired) electrons. The summed E-state index contributed by atoms with van der Waals surface area (Å²) >= 11 is 0. The zero-order valence-corrected chi connectivity index (χ0v) is 11.2. The summed E-state index contributed by atoms with van der Waals surface area (Å²) in [6, 6.07) is 11.2. The molecule has 0 fully saturated rings. The fourth-order valence-electron chi connectivity index (χ4n) is 2.51. The molecule has 2 N–H and O–H groups in total. The summed E-state index contributed by atoms with van der Waals surface area (Å²) in [5.41, 5.74) is 7.90. The lowest BCUT2D eigenvalue weighted by Gasteiger charge is -2.38. The molecule has 96 valence electrons. The SMILES string of the molecule is CC1CCc2ccccc2N1CCC(C)(N)C#N. The molecule has 0 bridgehead atoms. The van der Waals surface area contributed by atoms with E-state index in [1.807, 2.05) is 0 Å². The van der Waals surface area contributed by atoms with Gasteiger partial charge in [-0.25, -0.2) is 0 Å². The smallest absolute Gasteiger partial charge is 0.103 e. The van der Waals surface area contributed by atoms with E-state index in [1.54, 1.807) is 6.92 Å². The minimum Gasteiger partial charge on any atom is -0.368 e. The highest BCUT2D eigenvalue weighted by molar-refractivity contribution is 5.56. The third-order valence-corrected chi connectivity index (χ3v) is 3.79. The highest BCUT2D eigenvalue weighted by Crippen LogP contribution is 2.30. The minimum atomic E-state index is -0.730. The van der Waals surface area contributed by atoms with E-state index in [2.05, 4.69) is 42.2 Å². The topological polar surface area (TPSA) is 53.0 Å². The molecule has 1 heterocycles. The summed E-state index contributed by atoms with van der Waals surface area (Å²) in [5, 5.41) is 8.99. The monoisotopic (exact) mass is 243 g/mol. The van der Waals surface area contributed by atoms with Gasteiger partial charge in [0.25, 0.3) is 0 Å². The van der Waals surface area contributed by atoms with Crippen molar-refractivity contribution < 1.29 is 0 Å². The van der Waals surface area contributed by atoms with Crippen molar-refractivity contribution in [2.75, 3.05) is 11.4 Å². The third kappa shape index (κ3) is 2.65. The summed E-state index contributed by atoms with van der Waals surface area (Å²) in [6.07, 6.45) is 3.01. The largest absolute Gasteiger partial charge is 0.368 e. The molecule has 0 aliphatic carbocycles. The first kappa shape index (κ1) is 12.9. The summed E-state index contributed by atoms with van der Waals surface area (Å²) in [7, 11) is 0. The first-order valence-corrected chi connectivity index (χ1v) is 6.58. The van der Waals surface area contributed by atoms with Gasteiger partial charge in [0.2, 0.25) is 0 Å². The fraction of sp³-hybridized carbons (Fsp3) is 0.533. The van der Waals surface area contributed by atoms with E-state index >= 15 is 0 Å². The average Bonchev–Trinajstić information content (AvgIpc) is 2.37. The zero-order chi connectivity index (χ0) is 13.2. The third-order valence-electron chi connectivity index (χ3n) is 3.79. The van der Waals surface area contributed by atoms with Crippen LogP contribution in [0.15, 0.2) is 24.3 Å². The second-order valence-electron chi connectivity index (χ2n) is 5.49. The van der Waals surface area contributed by atoms with Crippen molar-refractivity contribution in [3.8, 4) is 6.07 Å². The second-order valence-corrected chi connectivity index (χ2v) is 5.49. The Kier molecular flexibility index (Phi) is 3.58. The molecule has 1 aromatic rings. The lowest BCUT2D eigenvalue weighted by Crippen LogP contribution is -2.43. The molecule has 0 saturated carbocycles. The molecule has 1 aliphatic rings. The van der Waals surface area contributed by atoms with Gasteiger partial charge in [-0.2, -0.15) is 5.26 Å². The van der Waals surface area contributed by atoms with Crippen LogP contribution in [0.4, 0.5) is 5.69 Å². The standard InChI is InChI=1S/C15H21N3/c1-12-7-8-13-5-3-4-6-14(13)18(12)10-9-15(2,17)11-16/h3-6,12H,7-10,17H2,1-2H3. The van der Waals surface area contributed by atoms with Gasteiger partial charge in [0.15, 0.2) is 0 Å². The van der Waals surface area contributed by atoms with Crippen LogP contribution in [0.1, 0.15) is 32.3 Å². The molecule has 2 rings (SSSR count). The predicted octanol–water partition coefficient (Wildman–Crippen LogP) is 2.46. The molecule has 0 amide bonds. The van der Waals surface area contributed by atoms with Crippen LogP contribution in [0.3, 0.4) is 0 Å². The van der Waals surface area contributed by atoms with Gasteiger partial charge in [-0.1, -0.05) is 18.2 Å². The van der Waals surface area contributed by atoms with E-state index in [9.17, 15) is 0 Å². The van der Waals surface area contributed by atoms with Crippen molar-refractivity contribution in [2.24, 2.45) is 5.73 Å². The van der Waals surface area contributed by atoms with Crippen LogP contribution in [0.25, 0.3) is 0 Å². The van der Waals surface area contributed by atoms with Gasteiger partial charge < -0.3 is 10.6 Å². The lowest BCUT2D eigenvalue weighted by molar-refractivity contribution is 0.493. The molecule has 3 nitrogen and oxygen atoms in total. The summed E-state index contributed by atoms with van der Waals surface area (Å²) in [4.78, 5) is 2.39. The number of para-hydroxylation sites is 1. The highest BCUT2D eigenvalue weighted by atomic mass is 15.2. The normalized spacial score (nSPS) is 21.9. The van der Waals surface area contributed by atoms with Crippen molar-refractivity contribution >= 4 is 5.69 Å². The fourth-order valence-corrected chi connectivity index (χ4v) is 2.51. The number of aryl methyl sites for hydroxylation is 1. The van der Waals surface area contributed by atoms with Crippen molar-refractivity contribution in [3.05, 3.63) is 29.8 Å². The molecular formula is C15H21N3. The van der Waals surface area contributed by atoms with E-state index in [0.717, 1.165) is 13.0 Å². The number of nitrogens with two attached hydrogens (primary N) is 1. The lowest BCUT2D eigenvalue weighted by atomic mass is 9.94. The Bertz CT molecular complexity index is 459. The maximum absolute atomic E-state index is 8.99. The Hall–Kier alpha value is -1.53. The zero-order valence-electron chi connectivity index (χ0n) is 11.2. The van der Waals surface area contributed by atoms with Crippen LogP contribution < -0.4 is 10.6 Å². The first-order chi connectivity index (χ1) is 8.53. The second kappa shape index (κ2) is 4.99. The van der Waals surface area contributed by atoms with Gasteiger partial charge in [-0.15, -0.1) is 0 Å². The Morgan fingerprint density at radius 3 is 2.94 bits per heavy atom. The summed E-state index contributed by atoms with van der Waals surface area (Å²) in [5.74, 6) is 0. The average molecular weight is 243 g/mol. The van der Waals surface area contributed by atoms with Gasteiger partial charge in [0.1, 0.15) is 5.54 Å². The van der Waals surface area contributed by atoms with Crippen molar-refractivity contribution in [3.63, 3.8) is 0 Å². The highest BCUT2D eigenvalue weighted by Gasteiger charge is 2.25. The van der Waals surface area contributed by atoms with Crippen LogP contribution in [0.5, 0.6) is 0 Å². The van der Waals surface area contributed by atoms with Crippen molar-refractivity contribution in [2.45, 2.75) is 44.7 Å². The summed E-state index contributed by atoms with van der Waals surface area (Å²) < 4.78 is 0. The van der Waals surface area contributed by atoms with E-state index in [1.165, 1.54) is 17.7 Å². The van der Waals surface area contributed by atoms with Crippen LogP contribution in [-0.2, 0) is 6.42 Å². The van der Waals surface area contributed by atoms with Gasteiger partial charge in [0.05, 0.1) is 6.07 Å². The summed E-state index contributed by atoms with van der Waals surface area (Å²) in [6.45, 7) is 4.89. The molecule has 3 heteroatoms. The molecule has 1 aliphatic heterocycles. The molecular weight excluding hydrogens is 222 g/mol. The van der Waals surface area contributed by atoms with Gasteiger partial charge in [0, 0.05) is 18.3 Å². The number of anilines is 1. The first-order valence-electron chi connectivity index (χ1n) is 6.58. The van der Waals surface area contributed by atoms with Crippen molar-refractivity contribution in [1.29, 1.82) is 5.26 Å². The Morgan fingerprint density at radius 1 is 1.50 bits per heavy atom. The number of hydrogen-bond donors (Lipinski definition) is 1. The molecule has 0 spiro atoms. The predicted molar refractivity (Wildman–Crippen MR) is 74.4 cm³/mol. The van der Waals surface area contributed by atoms with Gasteiger partial charge in [-0.3, -0.25) is 0 Å². The van der Waals surface area contributed by atoms with Crippen LogP contribution >= 0.6 is 0 Å². The number of nitrogens with zero attached hydrogens (tertiary/aromatic N) is 2. The van der Waals surface area contributed by atoms with Crippen LogP contribution in [0.2, 0.25) is 0 Å². The molecule has 0 saturated heterocycles. The minimum absolute atomic E-state index is 0.523. The van der Waals surface area contributed by atoms with E-state index in [4.69, 9.17) is 11.0 Å². The number of rotatable bonds is 3. The molecule has 0 aromatic heterocycles. The molecule has 2 atom stereocenters. The number of benzene rings is 1. The Morgan fingerprint density at radius 2 is 2.22 bits per heavy atom. The van der Waals surface area contributed by atoms with E-state index in [0.29, 0.717) is 12.5 Å².